The van der Waals surface area contributed by atoms with Crippen LogP contribution in [-0.2, 0) is 6.42 Å². The van der Waals surface area contributed by atoms with Crippen molar-refractivity contribution >= 4 is 0 Å². The smallest absolute Gasteiger partial charge is 0.0482 e. The first kappa shape index (κ1) is 13.1. The maximum absolute atomic E-state index is 4.73. The normalized spacial score (nSPS) is 25.7. The van der Waals surface area contributed by atoms with E-state index in [0.29, 0.717) is 17.4 Å². The molecule has 1 aromatic rings. The van der Waals surface area contributed by atoms with Gasteiger partial charge in [0.25, 0.3) is 0 Å². The molecule has 2 aliphatic carbocycles. The summed E-state index contributed by atoms with van der Waals surface area (Å²) in [5.41, 5.74) is 3.40. The molecule has 0 aliphatic heterocycles. The summed E-state index contributed by atoms with van der Waals surface area (Å²) < 4.78 is 0. The van der Waals surface area contributed by atoms with Gasteiger partial charge in [-0.3, -0.25) is 4.98 Å². The van der Waals surface area contributed by atoms with Gasteiger partial charge in [-0.25, -0.2) is 0 Å². The molecule has 2 aliphatic rings. The van der Waals surface area contributed by atoms with E-state index in [-0.39, 0.29) is 0 Å². The minimum Gasteiger partial charge on any atom is -0.313 e. The largest absolute Gasteiger partial charge is 0.313 e. The third-order valence-electron chi connectivity index (χ3n) is 5.04. The summed E-state index contributed by atoms with van der Waals surface area (Å²) in [6.07, 6.45) is 9.80. The van der Waals surface area contributed by atoms with E-state index >= 15 is 0 Å². The molecule has 3 rings (SSSR count). The third-order valence-corrected chi connectivity index (χ3v) is 5.04. The Bertz CT molecular complexity index is 437. The van der Waals surface area contributed by atoms with Crippen LogP contribution in [0, 0.1) is 5.41 Å². The molecule has 1 fully saturated rings. The Hall–Kier alpha value is -0.890. The fourth-order valence-corrected chi connectivity index (χ4v) is 3.65. The molecule has 1 heterocycles. The number of pyridine rings is 1. The van der Waals surface area contributed by atoms with Crippen molar-refractivity contribution in [2.75, 3.05) is 6.54 Å². The molecule has 2 nitrogen and oxygen atoms in total. The van der Waals surface area contributed by atoms with E-state index in [1.54, 1.807) is 0 Å². The van der Waals surface area contributed by atoms with Crippen LogP contribution in [0.4, 0.5) is 0 Å². The Morgan fingerprint density at radius 3 is 3.05 bits per heavy atom. The van der Waals surface area contributed by atoms with Crippen LogP contribution in [0.15, 0.2) is 18.3 Å². The van der Waals surface area contributed by atoms with Crippen molar-refractivity contribution in [2.24, 2.45) is 5.41 Å². The number of nitrogens with zero attached hydrogens (tertiary/aromatic N) is 1. The molecule has 0 aromatic carbocycles. The van der Waals surface area contributed by atoms with Crippen LogP contribution in [0.25, 0.3) is 0 Å². The van der Waals surface area contributed by atoms with Gasteiger partial charge in [-0.1, -0.05) is 19.9 Å². The van der Waals surface area contributed by atoms with Gasteiger partial charge in [0.1, 0.15) is 0 Å². The minimum absolute atomic E-state index is 0.520. The van der Waals surface area contributed by atoms with Crippen molar-refractivity contribution < 1.29 is 0 Å². The molecule has 104 valence electrons. The van der Waals surface area contributed by atoms with E-state index in [1.165, 1.54) is 49.8 Å². The van der Waals surface area contributed by atoms with Gasteiger partial charge in [0.2, 0.25) is 0 Å². The Labute approximate surface area is 117 Å². The van der Waals surface area contributed by atoms with Gasteiger partial charge >= 0.3 is 0 Å². The number of hydrogen-bond donors (Lipinski definition) is 1. The van der Waals surface area contributed by atoms with Gasteiger partial charge in [-0.05, 0) is 62.1 Å². The first-order chi connectivity index (χ1) is 9.24. The molecule has 0 radical (unpaired) electrons. The van der Waals surface area contributed by atoms with Crippen molar-refractivity contribution in [3.05, 3.63) is 29.6 Å². The highest BCUT2D eigenvalue weighted by Gasteiger charge is 2.48. The van der Waals surface area contributed by atoms with E-state index in [9.17, 15) is 0 Å². The topological polar surface area (TPSA) is 24.9 Å². The first-order valence-corrected chi connectivity index (χ1v) is 7.92. The van der Waals surface area contributed by atoms with Crippen molar-refractivity contribution in [2.45, 2.75) is 64.3 Å². The number of rotatable bonds is 5. The van der Waals surface area contributed by atoms with Crippen LogP contribution in [0.5, 0.6) is 0 Å². The average Bonchev–Trinajstić information content (AvgIpc) is 3.18. The van der Waals surface area contributed by atoms with Crippen molar-refractivity contribution in [1.29, 1.82) is 0 Å². The van der Waals surface area contributed by atoms with E-state index < -0.39 is 0 Å². The van der Waals surface area contributed by atoms with Crippen molar-refractivity contribution in [3.8, 4) is 0 Å². The predicted octanol–water partition coefficient (Wildman–Crippen LogP) is 3.67. The van der Waals surface area contributed by atoms with Gasteiger partial charge < -0.3 is 5.32 Å². The van der Waals surface area contributed by atoms with Crippen LogP contribution < -0.4 is 5.32 Å². The first-order valence-electron chi connectivity index (χ1n) is 7.92. The maximum atomic E-state index is 4.73. The summed E-state index contributed by atoms with van der Waals surface area (Å²) in [6, 6.07) is 5.00. The summed E-state index contributed by atoms with van der Waals surface area (Å²) in [5, 5.41) is 3.84. The Morgan fingerprint density at radius 2 is 2.32 bits per heavy atom. The molecular weight excluding hydrogens is 232 g/mol. The number of hydrogen-bond acceptors (Lipinski definition) is 2. The number of aryl methyl sites for hydroxylation is 1. The van der Waals surface area contributed by atoms with Gasteiger partial charge in [0, 0.05) is 23.9 Å². The van der Waals surface area contributed by atoms with E-state index in [2.05, 4.69) is 31.3 Å². The van der Waals surface area contributed by atoms with Crippen LogP contribution in [0.2, 0.25) is 0 Å². The highest BCUT2D eigenvalue weighted by molar-refractivity contribution is 5.29. The fraction of sp³-hybridized carbons (Fsp3) is 0.706. The van der Waals surface area contributed by atoms with Crippen LogP contribution in [-0.4, -0.2) is 17.6 Å². The molecule has 19 heavy (non-hydrogen) atoms. The van der Waals surface area contributed by atoms with Crippen molar-refractivity contribution in [1.82, 2.24) is 10.3 Å². The van der Waals surface area contributed by atoms with Crippen LogP contribution >= 0.6 is 0 Å². The number of fused-ring (bicyclic) bond motifs is 1. The second-order valence-corrected chi connectivity index (χ2v) is 6.63. The molecule has 2 unspecified atom stereocenters. The molecule has 1 N–H and O–H groups in total. The molecule has 0 saturated heterocycles. The lowest BCUT2D eigenvalue weighted by Crippen LogP contribution is -2.43. The van der Waals surface area contributed by atoms with E-state index in [0.717, 1.165) is 6.54 Å². The molecule has 0 spiro atoms. The fourth-order valence-electron chi connectivity index (χ4n) is 3.65. The lowest BCUT2D eigenvalue weighted by Gasteiger charge is -2.36. The summed E-state index contributed by atoms with van der Waals surface area (Å²) in [7, 11) is 0. The van der Waals surface area contributed by atoms with Gasteiger partial charge in [-0.15, -0.1) is 0 Å². The third kappa shape index (κ3) is 2.55. The summed E-state index contributed by atoms with van der Waals surface area (Å²) in [5.74, 6) is 0.629. The number of aromatic nitrogens is 1. The summed E-state index contributed by atoms with van der Waals surface area (Å²) in [6.45, 7) is 5.85. The van der Waals surface area contributed by atoms with Crippen LogP contribution in [0.1, 0.15) is 63.1 Å². The zero-order chi connectivity index (χ0) is 13.3. The SMILES string of the molecule is CCCNC(C1CCCc2cccnc21)C1(C)CC1. The maximum Gasteiger partial charge on any atom is 0.0482 e. The standard InChI is InChI=1S/C17H26N2/c1-3-11-19-16(17(2)9-10-17)14-8-4-6-13-7-5-12-18-15(13)14/h5,7,12,14,16,19H,3-4,6,8-11H2,1-2H3. The monoisotopic (exact) mass is 258 g/mol. The van der Waals surface area contributed by atoms with E-state index in [1.807, 2.05) is 6.20 Å². The zero-order valence-corrected chi connectivity index (χ0v) is 12.3. The zero-order valence-electron chi connectivity index (χ0n) is 12.3. The second-order valence-electron chi connectivity index (χ2n) is 6.63. The Balaban J connectivity index is 1.87. The predicted molar refractivity (Wildman–Crippen MR) is 79.3 cm³/mol. The number of nitrogens with one attached hydrogen (secondary N) is 1. The average molecular weight is 258 g/mol. The molecule has 2 heteroatoms. The van der Waals surface area contributed by atoms with Crippen LogP contribution in [0.3, 0.4) is 0 Å². The molecule has 2 atom stereocenters. The van der Waals surface area contributed by atoms with Gasteiger partial charge in [-0.2, -0.15) is 0 Å². The summed E-state index contributed by atoms with van der Waals surface area (Å²) >= 11 is 0. The lowest BCUT2D eigenvalue weighted by molar-refractivity contribution is 0.281. The second kappa shape index (κ2) is 5.24. The Kier molecular flexibility index (Phi) is 3.62. The molecule has 1 saturated carbocycles. The quantitative estimate of drug-likeness (QED) is 0.871. The molecule has 0 bridgehead atoms. The summed E-state index contributed by atoms with van der Waals surface area (Å²) in [4.78, 5) is 4.73. The van der Waals surface area contributed by atoms with Gasteiger partial charge in [0.15, 0.2) is 0 Å². The highest BCUT2D eigenvalue weighted by atomic mass is 15.0. The minimum atomic E-state index is 0.520. The van der Waals surface area contributed by atoms with E-state index in [4.69, 9.17) is 4.98 Å². The van der Waals surface area contributed by atoms with Gasteiger partial charge in [0.05, 0.1) is 0 Å². The Morgan fingerprint density at radius 1 is 1.47 bits per heavy atom. The molecule has 0 amide bonds. The molecule has 1 aromatic heterocycles. The van der Waals surface area contributed by atoms with Crippen molar-refractivity contribution in [3.63, 3.8) is 0 Å². The lowest BCUT2D eigenvalue weighted by atomic mass is 9.76. The highest BCUT2D eigenvalue weighted by Crippen LogP contribution is 2.53. The molecular formula is C17H26N2.